The van der Waals surface area contributed by atoms with Crippen LogP contribution in [0.2, 0.25) is 10.0 Å². The van der Waals surface area contributed by atoms with Crippen molar-refractivity contribution in [2.45, 2.75) is 13.3 Å². The smallest absolute Gasteiger partial charge is 0.138 e. The first-order chi connectivity index (χ1) is 6.43. The standard InChI is InChI=1S/C10H11Cl2NO/c1-5(13)3-7-6(2)8(11)4-9(12)10(7)14/h4,14H,1,3,13H2,2H3. The molecule has 2 nitrogen and oxygen atoms in total. The Labute approximate surface area is 92.9 Å². The van der Waals surface area contributed by atoms with Crippen LogP contribution in [0.1, 0.15) is 11.1 Å². The SMILES string of the molecule is C=C(N)Cc1c(C)c(Cl)cc(Cl)c1O. The third-order valence-electron chi connectivity index (χ3n) is 1.98. The van der Waals surface area contributed by atoms with Gasteiger partial charge in [-0.05, 0) is 18.6 Å². The Bertz CT molecular complexity index is 362. The Kier molecular flexibility index (Phi) is 3.29. The molecule has 76 valence electrons. The average molecular weight is 232 g/mol. The average Bonchev–Trinajstić information content (AvgIpc) is 2.09. The molecule has 0 aliphatic rings. The van der Waals surface area contributed by atoms with E-state index in [0.717, 1.165) is 5.56 Å². The number of nitrogens with two attached hydrogens (primary N) is 1. The minimum Gasteiger partial charge on any atom is -0.506 e. The van der Waals surface area contributed by atoms with Crippen LogP contribution in [-0.4, -0.2) is 5.11 Å². The molecule has 3 N–H and O–H groups in total. The number of phenolic OH excluding ortho intramolecular Hbond substituents is 1. The van der Waals surface area contributed by atoms with Gasteiger partial charge in [-0.3, -0.25) is 0 Å². The van der Waals surface area contributed by atoms with Crippen molar-refractivity contribution in [3.8, 4) is 5.75 Å². The summed E-state index contributed by atoms with van der Waals surface area (Å²) in [7, 11) is 0. The molecule has 0 aliphatic carbocycles. The lowest BCUT2D eigenvalue weighted by atomic mass is 10.0. The van der Waals surface area contributed by atoms with Gasteiger partial charge in [0.15, 0.2) is 0 Å². The summed E-state index contributed by atoms with van der Waals surface area (Å²) >= 11 is 11.7. The zero-order chi connectivity index (χ0) is 10.9. The molecule has 0 aliphatic heterocycles. The molecule has 0 fully saturated rings. The van der Waals surface area contributed by atoms with Gasteiger partial charge in [0.05, 0.1) is 5.02 Å². The van der Waals surface area contributed by atoms with Gasteiger partial charge < -0.3 is 10.8 Å². The van der Waals surface area contributed by atoms with Crippen LogP contribution < -0.4 is 5.73 Å². The summed E-state index contributed by atoms with van der Waals surface area (Å²) in [5.41, 5.74) is 7.34. The van der Waals surface area contributed by atoms with Crippen LogP contribution in [0.15, 0.2) is 18.3 Å². The van der Waals surface area contributed by atoms with Gasteiger partial charge in [0.1, 0.15) is 5.75 Å². The molecule has 0 radical (unpaired) electrons. The summed E-state index contributed by atoms with van der Waals surface area (Å²) in [5.74, 6) is 0.0279. The number of hydrogen-bond donors (Lipinski definition) is 2. The van der Waals surface area contributed by atoms with Gasteiger partial charge in [0.2, 0.25) is 0 Å². The largest absolute Gasteiger partial charge is 0.506 e. The van der Waals surface area contributed by atoms with Crippen LogP contribution in [0.25, 0.3) is 0 Å². The van der Waals surface area contributed by atoms with Gasteiger partial charge in [-0.2, -0.15) is 0 Å². The molecule has 0 atom stereocenters. The second-order valence-electron chi connectivity index (χ2n) is 3.13. The molecule has 0 heterocycles. The van der Waals surface area contributed by atoms with Gasteiger partial charge in [-0.15, -0.1) is 0 Å². The Morgan fingerprint density at radius 1 is 1.50 bits per heavy atom. The number of rotatable bonds is 2. The van der Waals surface area contributed by atoms with Gasteiger partial charge in [0.25, 0.3) is 0 Å². The zero-order valence-electron chi connectivity index (χ0n) is 7.77. The highest BCUT2D eigenvalue weighted by molar-refractivity contribution is 6.36. The summed E-state index contributed by atoms with van der Waals surface area (Å²) in [4.78, 5) is 0. The number of phenols is 1. The molecule has 0 aromatic heterocycles. The molecular formula is C10H11Cl2NO. The zero-order valence-corrected chi connectivity index (χ0v) is 9.28. The van der Waals surface area contributed by atoms with E-state index in [4.69, 9.17) is 28.9 Å². The highest BCUT2D eigenvalue weighted by atomic mass is 35.5. The van der Waals surface area contributed by atoms with Crippen LogP contribution in [-0.2, 0) is 6.42 Å². The molecule has 0 spiro atoms. The van der Waals surface area contributed by atoms with Crippen molar-refractivity contribution < 1.29 is 5.11 Å². The van der Waals surface area contributed by atoms with Crippen LogP contribution in [0.4, 0.5) is 0 Å². The third kappa shape index (κ3) is 2.14. The van der Waals surface area contributed by atoms with Gasteiger partial charge in [-0.25, -0.2) is 0 Å². The molecule has 0 unspecified atom stereocenters. The van der Waals surface area contributed by atoms with Crippen molar-refractivity contribution in [3.05, 3.63) is 39.5 Å². The quantitative estimate of drug-likeness (QED) is 0.823. The second-order valence-corrected chi connectivity index (χ2v) is 3.94. The lowest BCUT2D eigenvalue weighted by Crippen LogP contribution is -2.01. The highest BCUT2D eigenvalue weighted by Crippen LogP contribution is 2.35. The minimum atomic E-state index is 0.0279. The van der Waals surface area contributed by atoms with Crippen LogP contribution in [0.5, 0.6) is 5.75 Å². The molecular weight excluding hydrogens is 221 g/mol. The Balaban J connectivity index is 3.31. The topological polar surface area (TPSA) is 46.2 Å². The maximum absolute atomic E-state index is 9.66. The maximum atomic E-state index is 9.66. The predicted molar refractivity (Wildman–Crippen MR) is 59.9 cm³/mol. The second kappa shape index (κ2) is 4.11. The fourth-order valence-corrected chi connectivity index (χ4v) is 1.70. The summed E-state index contributed by atoms with van der Waals surface area (Å²) < 4.78 is 0. The fraction of sp³-hybridized carbons (Fsp3) is 0.200. The lowest BCUT2D eigenvalue weighted by Gasteiger charge is -2.11. The number of allylic oxidation sites excluding steroid dienone is 1. The summed E-state index contributed by atoms with van der Waals surface area (Å²) in [5, 5.41) is 10.4. The first kappa shape index (κ1) is 11.2. The van der Waals surface area contributed by atoms with Crippen molar-refractivity contribution in [1.82, 2.24) is 0 Å². The molecule has 0 bridgehead atoms. The molecule has 14 heavy (non-hydrogen) atoms. The Hall–Kier alpha value is -0.860. The van der Waals surface area contributed by atoms with E-state index in [1.54, 1.807) is 6.92 Å². The Morgan fingerprint density at radius 2 is 2.07 bits per heavy atom. The Morgan fingerprint density at radius 3 is 2.57 bits per heavy atom. The number of hydrogen-bond acceptors (Lipinski definition) is 2. The minimum absolute atomic E-state index is 0.0279. The number of benzene rings is 1. The van der Waals surface area contributed by atoms with Crippen molar-refractivity contribution in [2.24, 2.45) is 5.73 Å². The van der Waals surface area contributed by atoms with E-state index in [0.29, 0.717) is 22.7 Å². The van der Waals surface area contributed by atoms with Crippen molar-refractivity contribution >= 4 is 23.2 Å². The molecule has 0 amide bonds. The van der Waals surface area contributed by atoms with Crippen molar-refractivity contribution in [2.75, 3.05) is 0 Å². The first-order valence-corrected chi connectivity index (χ1v) is 4.78. The summed E-state index contributed by atoms with van der Waals surface area (Å²) in [6, 6.07) is 1.51. The van der Waals surface area contributed by atoms with E-state index in [-0.39, 0.29) is 10.8 Å². The molecule has 1 aromatic carbocycles. The van der Waals surface area contributed by atoms with E-state index in [1.165, 1.54) is 6.07 Å². The van der Waals surface area contributed by atoms with Gasteiger partial charge >= 0.3 is 0 Å². The van der Waals surface area contributed by atoms with E-state index < -0.39 is 0 Å². The normalized spacial score (nSPS) is 10.2. The van der Waals surface area contributed by atoms with E-state index in [1.807, 2.05) is 0 Å². The highest BCUT2D eigenvalue weighted by Gasteiger charge is 2.12. The summed E-state index contributed by atoms with van der Waals surface area (Å²) in [6.07, 6.45) is 0.373. The van der Waals surface area contributed by atoms with Crippen molar-refractivity contribution in [1.29, 1.82) is 0 Å². The first-order valence-electron chi connectivity index (χ1n) is 4.03. The maximum Gasteiger partial charge on any atom is 0.138 e. The van der Waals surface area contributed by atoms with E-state index >= 15 is 0 Å². The van der Waals surface area contributed by atoms with E-state index in [9.17, 15) is 5.11 Å². The van der Waals surface area contributed by atoms with Crippen LogP contribution in [0.3, 0.4) is 0 Å². The van der Waals surface area contributed by atoms with E-state index in [2.05, 4.69) is 6.58 Å². The van der Waals surface area contributed by atoms with Crippen molar-refractivity contribution in [3.63, 3.8) is 0 Å². The third-order valence-corrected chi connectivity index (χ3v) is 2.66. The van der Waals surface area contributed by atoms with Crippen LogP contribution >= 0.6 is 23.2 Å². The molecule has 1 aromatic rings. The van der Waals surface area contributed by atoms with Gasteiger partial charge in [-0.1, -0.05) is 29.8 Å². The fourth-order valence-electron chi connectivity index (χ4n) is 1.20. The monoisotopic (exact) mass is 231 g/mol. The lowest BCUT2D eigenvalue weighted by molar-refractivity contribution is 0.469. The molecule has 1 rings (SSSR count). The molecule has 0 saturated heterocycles. The number of halogens is 2. The predicted octanol–water partition coefficient (Wildman–Crippen LogP) is 3.02. The summed E-state index contributed by atoms with van der Waals surface area (Å²) in [6.45, 7) is 5.37. The van der Waals surface area contributed by atoms with Gasteiger partial charge in [0, 0.05) is 22.7 Å². The number of aromatic hydroxyl groups is 1. The molecule has 4 heteroatoms. The molecule has 0 saturated carbocycles. The van der Waals surface area contributed by atoms with Crippen LogP contribution in [0, 0.1) is 6.92 Å².